The second kappa shape index (κ2) is 6.23. The van der Waals surface area contributed by atoms with Gasteiger partial charge in [0, 0.05) is 36.7 Å². The normalized spacial score (nSPS) is 11.7. The summed E-state index contributed by atoms with van der Waals surface area (Å²) in [6.45, 7) is 2.39. The Hall–Kier alpha value is -1.93. The highest BCUT2D eigenvalue weighted by Gasteiger charge is 2.16. The van der Waals surface area contributed by atoms with Crippen LogP contribution < -0.4 is 10.5 Å². The largest absolute Gasteiger partial charge is 0.398 e. The van der Waals surface area contributed by atoms with E-state index in [4.69, 9.17) is 5.73 Å². The molecule has 1 heterocycles. The van der Waals surface area contributed by atoms with Gasteiger partial charge in [0.25, 0.3) is 0 Å². The van der Waals surface area contributed by atoms with Gasteiger partial charge >= 0.3 is 0 Å². The van der Waals surface area contributed by atoms with Crippen LogP contribution in [0.15, 0.2) is 35.7 Å². The zero-order valence-electron chi connectivity index (χ0n) is 11.6. The maximum absolute atomic E-state index is 13.6. The molecule has 0 spiro atoms. The van der Waals surface area contributed by atoms with E-state index >= 15 is 0 Å². The van der Waals surface area contributed by atoms with E-state index < -0.39 is 15.8 Å². The molecule has 0 aliphatic rings. The van der Waals surface area contributed by atoms with Gasteiger partial charge in [-0.15, -0.1) is 0 Å². The molecule has 0 fully saturated rings. The van der Waals surface area contributed by atoms with Crippen LogP contribution in [0.25, 0.3) is 0 Å². The number of sulfonamides is 1. The molecule has 0 saturated heterocycles. The van der Waals surface area contributed by atoms with Crippen LogP contribution in [-0.2, 0) is 16.6 Å². The standard InChI is InChI=1S/C13H17FN4O2S/c1-10-12(14)7-11(8-13(10)15)21(19,20)17-3-2-5-18-6-4-16-9-18/h4,6-9,17H,2-3,5,15H2,1H3. The zero-order valence-corrected chi connectivity index (χ0v) is 12.4. The van der Waals surface area contributed by atoms with Crippen LogP contribution in [0.3, 0.4) is 0 Å². The SMILES string of the molecule is Cc1c(N)cc(S(=O)(=O)NCCCn2ccnc2)cc1F. The van der Waals surface area contributed by atoms with Crippen molar-refractivity contribution in [2.45, 2.75) is 24.8 Å². The molecule has 0 aliphatic carbocycles. The minimum Gasteiger partial charge on any atom is -0.398 e. The lowest BCUT2D eigenvalue weighted by Crippen LogP contribution is -2.25. The van der Waals surface area contributed by atoms with Crippen LogP contribution in [0.5, 0.6) is 0 Å². The van der Waals surface area contributed by atoms with Crippen LogP contribution in [0.1, 0.15) is 12.0 Å². The number of nitrogen functional groups attached to an aromatic ring is 1. The highest BCUT2D eigenvalue weighted by molar-refractivity contribution is 7.89. The monoisotopic (exact) mass is 312 g/mol. The van der Waals surface area contributed by atoms with E-state index in [-0.39, 0.29) is 22.7 Å². The summed E-state index contributed by atoms with van der Waals surface area (Å²) in [5, 5.41) is 0. The van der Waals surface area contributed by atoms with Crippen molar-refractivity contribution in [3.63, 3.8) is 0 Å². The molecule has 0 atom stereocenters. The summed E-state index contributed by atoms with van der Waals surface area (Å²) in [5.74, 6) is -0.631. The molecule has 1 aromatic heterocycles. The summed E-state index contributed by atoms with van der Waals surface area (Å²) in [4.78, 5) is 3.73. The average molecular weight is 312 g/mol. The Morgan fingerprint density at radius 3 is 2.81 bits per heavy atom. The third-order valence-corrected chi connectivity index (χ3v) is 4.55. The number of nitrogens with one attached hydrogen (secondary N) is 1. The molecule has 2 aromatic rings. The van der Waals surface area contributed by atoms with Crippen molar-refractivity contribution < 1.29 is 12.8 Å². The number of nitrogens with two attached hydrogens (primary N) is 1. The molecular weight excluding hydrogens is 295 g/mol. The maximum Gasteiger partial charge on any atom is 0.240 e. The number of benzene rings is 1. The fourth-order valence-corrected chi connectivity index (χ4v) is 2.92. The van der Waals surface area contributed by atoms with Crippen molar-refractivity contribution in [1.29, 1.82) is 0 Å². The van der Waals surface area contributed by atoms with E-state index in [1.165, 1.54) is 13.0 Å². The summed E-state index contributed by atoms with van der Waals surface area (Å²) in [6.07, 6.45) is 5.70. The molecular formula is C13H17FN4O2S. The Balaban J connectivity index is 1.98. The van der Waals surface area contributed by atoms with Crippen molar-refractivity contribution in [1.82, 2.24) is 14.3 Å². The topological polar surface area (TPSA) is 90.0 Å². The van der Waals surface area contributed by atoms with Crippen molar-refractivity contribution in [3.8, 4) is 0 Å². The fraction of sp³-hybridized carbons (Fsp3) is 0.308. The lowest BCUT2D eigenvalue weighted by molar-refractivity contribution is 0.566. The van der Waals surface area contributed by atoms with Gasteiger partial charge in [-0.1, -0.05) is 0 Å². The third-order valence-electron chi connectivity index (χ3n) is 3.11. The maximum atomic E-state index is 13.6. The van der Waals surface area contributed by atoms with Crippen LogP contribution in [-0.4, -0.2) is 24.5 Å². The average Bonchev–Trinajstić information content (AvgIpc) is 2.93. The Labute approximate surface area is 122 Å². The molecule has 6 nitrogen and oxygen atoms in total. The first kappa shape index (κ1) is 15.5. The lowest BCUT2D eigenvalue weighted by Gasteiger charge is -2.09. The minimum atomic E-state index is -3.76. The molecule has 114 valence electrons. The van der Waals surface area contributed by atoms with Crippen molar-refractivity contribution in [2.75, 3.05) is 12.3 Å². The van der Waals surface area contributed by atoms with Gasteiger partial charge in [0.15, 0.2) is 0 Å². The van der Waals surface area contributed by atoms with Gasteiger partial charge in [0.1, 0.15) is 5.82 Å². The molecule has 1 aromatic carbocycles. The number of imidazole rings is 1. The Morgan fingerprint density at radius 1 is 1.43 bits per heavy atom. The summed E-state index contributed by atoms with van der Waals surface area (Å²) < 4.78 is 41.9. The van der Waals surface area contributed by atoms with E-state index in [9.17, 15) is 12.8 Å². The number of anilines is 1. The summed E-state index contributed by atoms with van der Waals surface area (Å²) in [7, 11) is -3.76. The first-order chi connectivity index (χ1) is 9.90. The molecule has 0 unspecified atom stereocenters. The van der Waals surface area contributed by atoms with Crippen LogP contribution >= 0.6 is 0 Å². The fourth-order valence-electron chi connectivity index (χ4n) is 1.80. The van der Waals surface area contributed by atoms with Gasteiger partial charge in [0.05, 0.1) is 11.2 Å². The molecule has 0 bridgehead atoms. The smallest absolute Gasteiger partial charge is 0.240 e. The van der Waals surface area contributed by atoms with Gasteiger partial charge in [0.2, 0.25) is 10.0 Å². The summed E-state index contributed by atoms with van der Waals surface area (Å²) in [6, 6.07) is 2.24. The highest BCUT2D eigenvalue weighted by Crippen LogP contribution is 2.20. The Kier molecular flexibility index (Phi) is 4.59. The number of aromatic nitrogens is 2. The third kappa shape index (κ3) is 3.79. The van der Waals surface area contributed by atoms with Gasteiger partial charge < -0.3 is 10.3 Å². The second-order valence-corrected chi connectivity index (χ2v) is 6.44. The Morgan fingerprint density at radius 2 is 2.19 bits per heavy atom. The van der Waals surface area contributed by atoms with E-state index in [2.05, 4.69) is 9.71 Å². The predicted molar refractivity (Wildman–Crippen MR) is 77.6 cm³/mol. The van der Waals surface area contributed by atoms with Crippen molar-refractivity contribution >= 4 is 15.7 Å². The van der Waals surface area contributed by atoms with E-state index in [1.54, 1.807) is 18.7 Å². The molecule has 8 heteroatoms. The van der Waals surface area contributed by atoms with Crippen LogP contribution in [0.4, 0.5) is 10.1 Å². The minimum absolute atomic E-state index is 0.119. The van der Waals surface area contributed by atoms with Gasteiger partial charge in [-0.05, 0) is 25.5 Å². The molecule has 0 saturated carbocycles. The van der Waals surface area contributed by atoms with Crippen LogP contribution in [0, 0.1) is 12.7 Å². The molecule has 0 aliphatic heterocycles. The van der Waals surface area contributed by atoms with Crippen molar-refractivity contribution in [2.24, 2.45) is 0 Å². The number of aryl methyl sites for hydroxylation is 1. The van der Waals surface area contributed by atoms with E-state index in [0.717, 1.165) is 6.07 Å². The quantitative estimate of drug-likeness (QED) is 0.621. The number of nitrogens with zero attached hydrogens (tertiary/aromatic N) is 2. The zero-order chi connectivity index (χ0) is 15.5. The van der Waals surface area contributed by atoms with E-state index in [0.29, 0.717) is 13.0 Å². The molecule has 0 radical (unpaired) electrons. The van der Waals surface area contributed by atoms with Gasteiger partial charge in [-0.3, -0.25) is 0 Å². The molecule has 21 heavy (non-hydrogen) atoms. The van der Waals surface area contributed by atoms with Crippen LogP contribution in [0.2, 0.25) is 0 Å². The number of hydrogen-bond acceptors (Lipinski definition) is 4. The number of rotatable bonds is 6. The molecule has 0 amide bonds. The van der Waals surface area contributed by atoms with Gasteiger partial charge in [-0.25, -0.2) is 22.5 Å². The second-order valence-electron chi connectivity index (χ2n) is 4.67. The first-order valence-corrected chi connectivity index (χ1v) is 7.89. The van der Waals surface area contributed by atoms with Gasteiger partial charge in [-0.2, -0.15) is 0 Å². The first-order valence-electron chi connectivity index (χ1n) is 6.41. The highest BCUT2D eigenvalue weighted by atomic mass is 32.2. The Bertz CT molecular complexity index is 691. The predicted octanol–water partition coefficient (Wildman–Crippen LogP) is 1.28. The molecule has 3 N–H and O–H groups in total. The molecule has 2 rings (SSSR count). The number of hydrogen-bond donors (Lipinski definition) is 2. The van der Waals surface area contributed by atoms with E-state index in [1.807, 2.05) is 4.57 Å². The van der Waals surface area contributed by atoms with Crippen molar-refractivity contribution in [3.05, 3.63) is 42.2 Å². The lowest BCUT2D eigenvalue weighted by atomic mass is 10.2. The summed E-state index contributed by atoms with van der Waals surface area (Å²) in [5.41, 5.74) is 5.96. The number of halogens is 1. The summed E-state index contributed by atoms with van der Waals surface area (Å²) >= 11 is 0.